The van der Waals surface area contributed by atoms with E-state index in [4.69, 9.17) is 4.74 Å². The van der Waals surface area contributed by atoms with Crippen LogP contribution in [-0.2, 0) is 4.79 Å². The average molecular weight is 488 g/mol. The van der Waals surface area contributed by atoms with Crippen LogP contribution in [0.4, 0.5) is 10.7 Å². The lowest BCUT2D eigenvalue weighted by molar-refractivity contribution is -0.115. The molecular formula is C25H21N5O4S. The van der Waals surface area contributed by atoms with Crippen LogP contribution in [0, 0.1) is 0 Å². The number of thioether (sulfide) groups is 1. The van der Waals surface area contributed by atoms with Crippen LogP contribution < -0.4 is 15.0 Å². The zero-order valence-electron chi connectivity index (χ0n) is 18.6. The summed E-state index contributed by atoms with van der Waals surface area (Å²) in [5, 5.41) is 1.82. The molecule has 0 radical (unpaired) electrons. The van der Waals surface area contributed by atoms with E-state index in [1.807, 2.05) is 70.5 Å². The molecule has 0 aliphatic carbocycles. The van der Waals surface area contributed by atoms with Crippen LogP contribution in [0.5, 0.6) is 11.6 Å². The average Bonchev–Trinajstić information content (AvgIpc) is 3.20. The Morgan fingerprint density at radius 1 is 0.943 bits per heavy atom. The molecule has 3 aromatic rings. The summed E-state index contributed by atoms with van der Waals surface area (Å²) in [6.45, 7) is 2.11. The van der Waals surface area contributed by atoms with Gasteiger partial charge < -0.3 is 14.5 Å². The SMILES string of the molecule is O=C1NC(=O)/C(=C\c2cc(Oc3ccccc3)nc(N3CCN(C(=O)c4ccccc4)CC3)n2)S1. The van der Waals surface area contributed by atoms with Gasteiger partial charge in [-0.2, -0.15) is 4.98 Å². The maximum atomic E-state index is 12.8. The predicted molar refractivity (Wildman–Crippen MR) is 132 cm³/mol. The van der Waals surface area contributed by atoms with E-state index >= 15 is 0 Å². The van der Waals surface area contributed by atoms with Gasteiger partial charge in [0, 0.05) is 37.8 Å². The molecule has 5 rings (SSSR count). The number of carbonyl (C=O) groups is 3. The Balaban J connectivity index is 1.38. The summed E-state index contributed by atoms with van der Waals surface area (Å²) >= 11 is 0.824. The summed E-state index contributed by atoms with van der Waals surface area (Å²) in [7, 11) is 0. The van der Waals surface area contributed by atoms with Crippen LogP contribution in [0.1, 0.15) is 16.1 Å². The van der Waals surface area contributed by atoms with Gasteiger partial charge in [0.2, 0.25) is 11.8 Å². The lowest BCUT2D eigenvalue weighted by Gasteiger charge is -2.35. The highest BCUT2D eigenvalue weighted by Crippen LogP contribution is 2.28. The summed E-state index contributed by atoms with van der Waals surface area (Å²) < 4.78 is 5.93. The molecule has 3 heterocycles. The van der Waals surface area contributed by atoms with E-state index in [1.54, 1.807) is 12.1 Å². The molecule has 2 aliphatic heterocycles. The number of imide groups is 1. The summed E-state index contributed by atoms with van der Waals surface area (Å²) in [5.74, 6) is 0.875. The number of amides is 3. The smallest absolute Gasteiger partial charge is 0.290 e. The number of hydrogen-bond donors (Lipinski definition) is 1. The first-order valence-electron chi connectivity index (χ1n) is 11.0. The molecule has 0 atom stereocenters. The van der Waals surface area contributed by atoms with Gasteiger partial charge in [0.15, 0.2) is 0 Å². The third-order valence-electron chi connectivity index (χ3n) is 5.47. The molecule has 1 N–H and O–H groups in total. The second-order valence-corrected chi connectivity index (χ2v) is 8.86. The molecule has 176 valence electrons. The fraction of sp³-hybridized carbons (Fsp3) is 0.160. The van der Waals surface area contributed by atoms with E-state index in [-0.39, 0.29) is 10.8 Å². The second kappa shape index (κ2) is 9.98. The summed E-state index contributed by atoms with van der Waals surface area (Å²) in [5.41, 5.74) is 1.10. The lowest BCUT2D eigenvalue weighted by atomic mass is 10.2. The Morgan fingerprint density at radius 3 is 2.29 bits per heavy atom. The van der Waals surface area contributed by atoms with Crippen molar-refractivity contribution in [3.63, 3.8) is 0 Å². The molecule has 0 bridgehead atoms. The zero-order chi connectivity index (χ0) is 24.2. The van der Waals surface area contributed by atoms with Crippen LogP contribution in [0.2, 0.25) is 0 Å². The van der Waals surface area contributed by atoms with E-state index in [2.05, 4.69) is 15.3 Å². The largest absolute Gasteiger partial charge is 0.439 e. The van der Waals surface area contributed by atoms with Crippen molar-refractivity contribution < 1.29 is 19.1 Å². The van der Waals surface area contributed by atoms with Crippen molar-refractivity contribution in [1.29, 1.82) is 0 Å². The number of hydrogen-bond acceptors (Lipinski definition) is 8. The van der Waals surface area contributed by atoms with E-state index in [0.717, 1.165) is 11.8 Å². The Labute approximate surface area is 205 Å². The first-order chi connectivity index (χ1) is 17.0. The normalized spacial score (nSPS) is 17.0. The standard InChI is InChI=1S/C25H21N5O4S/c31-22-20(35-25(33)28-22)15-18-16-21(34-19-9-5-2-6-10-19)27-24(26-18)30-13-11-29(12-14-30)23(32)17-7-3-1-4-8-17/h1-10,15-16H,11-14H2,(H,28,31,33)/b20-15+. The fourth-order valence-corrected chi connectivity index (χ4v) is 4.40. The number of nitrogens with one attached hydrogen (secondary N) is 1. The van der Waals surface area contributed by atoms with Gasteiger partial charge in [-0.3, -0.25) is 19.7 Å². The molecule has 0 unspecified atom stereocenters. The third kappa shape index (κ3) is 5.33. The quantitative estimate of drug-likeness (QED) is 0.545. The minimum absolute atomic E-state index is 0.00769. The number of anilines is 1. The van der Waals surface area contributed by atoms with Crippen molar-refractivity contribution in [2.24, 2.45) is 0 Å². The van der Waals surface area contributed by atoms with Gasteiger partial charge in [0.25, 0.3) is 17.1 Å². The molecule has 2 fully saturated rings. The number of piperazine rings is 1. The molecule has 9 nitrogen and oxygen atoms in total. The van der Waals surface area contributed by atoms with Crippen LogP contribution in [-0.4, -0.2) is 58.1 Å². The van der Waals surface area contributed by atoms with Crippen molar-refractivity contribution in [2.45, 2.75) is 0 Å². The van der Waals surface area contributed by atoms with Gasteiger partial charge >= 0.3 is 0 Å². The highest BCUT2D eigenvalue weighted by Gasteiger charge is 2.27. The van der Waals surface area contributed by atoms with Crippen LogP contribution in [0.3, 0.4) is 0 Å². The summed E-state index contributed by atoms with van der Waals surface area (Å²) in [4.78, 5) is 49.6. The number of rotatable bonds is 5. The Morgan fingerprint density at radius 2 is 1.63 bits per heavy atom. The predicted octanol–water partition coefficient (Wildman–Crippen LogP) is 3.56. The fourth-order valence-electron chi connectivity index (χ4n) is 3.74. The minimum Gasteiger partial charge on any atom is -0.439 e. The third-order valence-corrected chi connectivity index (χ3v) is 6.28. The number of aromatic nitrogens is 2. The van der Waals surface area contributed by atoms with Crippen molar-refractivity contribution in [3.05, 3.63) is 82.9 Å². The number of ether oxygens (including phenoxy) is 1. The molecule has 2 aliphatic rings. The molecule has 0 saturated carbocycles. The highest BCUT2D eigenvalue weighted by atomic mass is 32.2. The maximum absolute atomic E-state index is 12.8. The number of carbonyl (C=O) groups excluding carboxylic acids is 3. The molecule has 3 amide bonds. The molecule has 2 saturated heterocycles. The molecule has 2 aromatic carbocycles. The van der Waals surface area contributed by atoms with Gasteiger partial charge in [-0.1, -0.05) is 36.4 Å². The number of para-hydroxylation sites is 1. The van der Waals surface area contributed by atoms with Crippen molar-refractivity contribution in [3.8, 4) is 11.6 Å². The number of benzene rings is 2. The monoisotopic (exact) mass is 487 g/mol. The zero-order valence-corrected chi connectivity index (χ0v) is 19.4. The summed E-state index contributed by atoms with van der Waals surface area (Å²) in [6.07, 6.45) is 1.54. The van der Waals surface area contributed by atoms with Gasteiger partial charge in [0.05, 0.1) is 10.6 Å². The van der Waals surface area contributed by atoms with E-state index < -0.39 is 11.1 Å². The van der Waals surface area contributed by atoms with Crippen molar-refractivity contribution >= 4 is 40.8 Å². The number of nitrogens with zero attached hydrogens (tertiary/aromatic N) is 4. The van der Waals surface area contributed by atoms with Crippen molar-refractivity contribution in [2.75, 3.05) is 31.1 Å². The topological polar surface area (TPSA) is 105 Å². The van der Waals surface area contributed by atoms with Gasteiger partial charge in [-0.15, -0.1) is 0 Å². The van der Waals surface area contributed by atoms with E-state index in [1.165, 1.54) is 0 Å². The first-order valence-corrected chi connectivity index (χ1v) is 11.8. The van der Waals surface area contributed by atoms with E-state index in [9.17, 15) is 14.4 Å². The first kappa shape index (κ1) is 22.6. The van der Waals surface area contributed by atoms with Gasteiger partial charge in [-0.25, -0.2) is 4.98 Å². The van der Waals surface area contributed by atoms with Crippen molar-refractivity contribution in [1.82, 2.24) is 20.2 Å². The molecule has 10 heteroatoms. The lowest BCUT2D eigenvalue weighted by Crippen LogP contribution is -2.49. The molecule has 0 spiro atoms. The minimum atomic E-state index is -0.460. The van der Waals surface area contributed by atoms with Gasteiger partial charge in [-0.05, 0) is 42.1 Å². The highest BCUT2D eigenvalue weighted by molar-refractivity contribution is 8.18. The Kier molecular flexibility index (Phi) is 6.44. The van der Waals surface area contributed by atoms with Crippen LogP contribution in [0.25, 0.3) is 6.08 Å². The van der Waals surface area contributed by atoms with Crippen LogP contribution >= 0.6 is 11.8 Å². The van der Waals surface area contributed by atoms with Gasteiger partial charge in [0.1, 0.15) is 5.75 Å². The van der Waals surface area contributed by atoms with E-state index in [0.29, 0.717) is 55.0 Å². The summed E-state index contributed by atoms with van der Waals surface area (Å²) in [6, 6.07) is 20.0. The Bertz CT molecular complexity index is 1290. The second-order valence-electron chi connectivity index (χ2n) is 7.84. The maximum Gasteiger partial charge on any atom is 0.290 e. The molecular weight excluding hydrogens is 466 g/mol. The van der Waals surface area contributed by atoms with Crippen LogP contribution in [0.15, 0.2) is 71.6 Å². The Hall–Kier alpha value is -4.18. The molecule has 1 aromatic heterocycles. The molecule has 35 heavy (non-hydrogen) atoms.